The van der Waals surface area contributed by atoms with E-state index in [1.165, 1.54) is 0 Å². The Labute approximate surface area is 155 Å². The van der Waals surface area contributed by atoms with Crippen LogP contribution in [0, 0.1) is 0 Å². The molecule has 4 aromatic heterocycles. The van der Waals surface area contributed by atoms with E-state index in [0.717, 1.165) is 54.3 Å². The predicted octanol–water partition coefficient (Wildman–Crippen LogP) is 1.86. The second kappa shape index (κ2) is 6.42. The Kier molecular flexibility index (Phi) is 3.77. The normalized spacial score (nSPS) is 15.5. The molecule has 0 radical (unpaired) electrons. The third-order valence-electron chi connectivity index (χ3n) is 5.02. The summed E-state index contributed by atoms with van der Waals surface area (Å²) >= 11 is 0. The Morgan fingerprint density at radius 3 is 2.78 bits per heavy atom. The number of hydrogen-bond donors (Lipinski definition) is 0. The Bertz CT molecular complexity index is 1100. The maximum Gasteiger partial charge on any atom is 0.231 e. The fourth-order valence-electron chi connectivity index (χ4n) is 3.64. The van der Waals surface area contributed by atoms with Crippen LogP contribution in [0.3, 0.4) is 0 Å². The van der Waals surface area contributed by atoms with Crippen LogP contribution in [-0.2, 0) is 0 Å². The second-order valence-electron chi connectivity index (χ2n) is 6.54. The minimum absolute atomic E-state index is 0.294. The van der Waals surface area contributed by atoms with Gasteiger partial charge in [-0.3, -0.25) is 0 Å². The molecule has 0 N–H and O–H groups in total. The molecule has 136 valence electrons. The predicted molar refractivity (Wildman–Crippen MR) is 98.9 cm³/mol. The van der Waals surface area contributed by atoms with Crippen molar-refractivity contribution in [3.05, 3.63) is 42.6 Å². The molecule has 0 aliphatic carbocycles. The first-order valence-corrected chi connectivity index (χ1v) is 8.90. The summed E-state index contributed by atoms with van der Waals surface area (Å²) in [6.07, 6.45) is 5.24. The van der Waals surface area contributed by atoms with Gasteiger partial charge in [0, 0.05) is 31.3 Å². The number of nitrogens with zero attached hydrogens (tertiary/aromatic N) is 8. The summed E-state index contributed by atoms with van der Waals surface area (Å²) in [5, 5.41) is 14.1. The average Bonchev–Trinajstić information content (AvgIpc) is 3.16. The topological polar surface area (TPSA) is 94.2 Å². The van der Waals surface area contributed by atoms with Gasteiger partial charge in [-0.25, -0.2) is 15.0 Å². The lowest BCUT2D eigenvalue weighted by molar-refractivity contribution is 0.387. The Morgan fingerprint density at radius 1 is 1.04 bits per heavy atom. The Hall–Kier alpha value is -3.36. The molecule has 0 saturated carbocycles. The lowest BCUT2D eigenvalue weighted by Crippen LogP contribution is -2.34. The number of anilines is 1. The quantitative estimate of drug-likeness (QED) is 0.545. The van der Waals surface area contributed by atoms with Gasteiger partial charge in [0.2, 0.25) is 5.88 Å². The van der Waals surface area contributed by atoms with Crippen molar-refractivity contribution >= 4 is 22.5 Å². The van der Waals surface area contributed by atoms with Gasteiger partial charge in [0.15, 0.2) is 17.1 Å². The van der Waals surface area contributed by atoms with Crippen molar-refractivity contribution in [1.82, 2.24) is 34.8 Å². The molecule has 4 aromatic rings. The van der Waals surface area contributed by atoms with Gasteiger partial charge in [-0.05, 0) is 31.0 Å². The lowest BCUT2D eigenvalue weighted by atomic mass is 9.96. The van der Waals surface area contributed by atoms with Crippen LogP contribution < -0.4 is 9.64 Å². The number of fused-ring (bicyclic) bond motifs is 2. The van der Waals surface area contributed by atoms with E-state index < -0.39 is 0 Å². The third kappa shape index (κ3) is 2.71. The van der Waals surface area contributed by atoms with E-state index in [-0.39, 0.29) is 0 Å². The molecular weight excluding hydrogens is 344 g/mol. The highest BCUT2D eigenvalue weighted by atomic mass is 16.5. The van der Waals surface area contributed by atoms with E-state index in [4.69, 9.17) is 4.74 Å². The van der Waals surface area contributed by atoms with Crippen LogP contribution in [0.4, 0.5) is 5.82 Å². The van der Waals surface area contributed by atoms with E-state index in [2.05, 4.69) is 35.1 Å². The molecule has 1 fully saturated rings. The van der Waals surface area contributed by atoms with E-state index in [0.29, 0.717) is 11.8 Å². The summed E-state index contributed by atoms with van der Waals surface area (Å²) in [6.45, 7) is 1.76. The minimum Gasteiger partial charge on any atom is -0.480 e. The standard InChI is InChI=1S/C18H18N8O/c1-27-15-5-4-14-22-23-17(26(14)24-15)12-6-9-25(10-7-12)18-13-3-2-8-19-16(13)20-11-21-18/h2-5,8,11-12H,6-7,9-10H2,1H3. The zero-order valence-electron chi connectivity index (χ0n) is 14.9. The summed E-state index contributed by atoms with van der Waals surface area (Å²) in [4.78, 5) is 15.4. The molecule has 0 amide bonds. The van der Waals surface area contributed by atoms with Crippen LogP contribution in [-0.4, -0.2) is 55.0 Å². The molecular formula is C18H18N8O. The van der Waals surface area contributed by atoms with E-state index in [1.807, 2.05) is 18.2 Å². The van der Waals surface area contributed by atoms with Gasteiger partial charge in [0.25, 0.3) is 0 Å². The minimum atomic E-state index is 0.294. The van der Waals surface area contributed by atoms with Crippen LogP contribution in [0.15, 0.2) is 36.8 Å². The highest BCUT2D eigenvalue weighted by Gasteiger charge is 2.26. The molecule has 5 heterocycles. The first-order chi connectivity index (χ1) is 13.3. The first-order valence-electron chi connectivity index (χ1n) is 8.90. The molecule has 27 heavy (non-hydrogen) atoms. The highest BCUT2D eigenvalue weighted by Crippen LogP contribution is 2.31. The van der Waals surface area contributed by atoms with Gasteiger partial charge in [-0.2, -0.15) is 4.52 Å². The van der Waals surface area contributed by atoms with Gasteiger partial charge in [0.05, 0.1) is 12.5 Å². The average molecular weight is 362 g/mol. The molecule has 9 heteroatoms. The van der Waals surface area contributed by atoms with Crippen molar-refractivity contribution in [2.75, 3.05) is 25.1 Å². The maximum atomic E-state index is 5.23. The van der Waals surface area contributed by atoms with Crippen LogP contribution in [0.1, 0.15) is 24.6 Å². The van der Waals surface area contributed by atoms with E-state index in [1.54, 1.807) is 30.2 Å². The van der Waals surface area contributed by atoms with Crippen LogP contribution >= 0.6 is 0 Å². The smallest absolute Gasteiger partial charge is 0.231 e. The summed E-state index contributed by atoms with van der Waals surface area (Å²) in [7, 11) is 1.61. The van der Waals surface area contributed by atoms with Crippen molar-refractivity contribution in [3.8, 4) is 5.88 Å². The van der Waals surface area contributed by atoms with Gasteiger partial charge in [0.1, 0.15) is 12.1 Å². The number of hydrogen-bond acceptors (Lipinski definition) is 8. The van der Waals surface area contributed by atoms with Crippen LogP contribution in [0.2, 0.25) is 0 Å². The van der Waals surface area contributed by atoms with Crippen LogP contribution in [0.25, 0.3) is 16.7 Å². The Balaban J connectivity index is 1.40. The molecule has 1 saturated heterocycles. The third-order valence-corrected chi connectivity index (χ3v) is 5.02. The van der Waals surface area contributed by atoms with Crippen molar-refractivity contribution < 1.29 is 4.74 Å². The van der Waals surface area contributed by atoms with Gasteiger partial charge in [-0.1, -0.05) is 0 Å². The zero-order valence-corrected chi connectivity index (χ0v) is 14.9. The number of pyridine rings is 1. The number of piperidine rings is 1. The second-order valence-corrected chi connectivity index (χ2v) is 6.54. The summed E-state index contributed by atoms with van der Waals surface area (Å²) in [5.41, 5.74) is 1.46. The zero-order chi connectivity index (χ0) is 18.2. The molecule has 5 rings (SSSR count). The summed E-state index contributed by atoms with van der Waals surface area (Å²) in [6, 6.07) is 7.61. The first kappa shape index (κ1) is 15.9. The largest absolute Gasteiger partial charge is 0.480 e. The molecule has 0 unspecified atom stereocenters. The van der Waals surface area contributed by atoms with Gasteiger partial charge in [-0.15, -0.1) is 15.3 Å². The molecule has 0 spiro atoms. The van der Waals surface area contributed by atoms with Crippen molar-refractivity contribution in [3.63, 3.8) is 0 Å². The van der Waals surface area contributed by atoms with Gasteiger partial charge < -0.3 is 9.64 Å². The SMILES string of the molecule is COc1ccc2nnc(C3CCN(c4ncnc5ncccc45)CC3)n2n1. The number of aromatic nitrogens is 7. The van der Waals surface area contributed by atoms with Crippen molar-refractivity contribution in [1.29, 1.82) is 0 Å². The van der Waals surface area contributed by atoms with Crippen molar-refractivity contribution in [2.24, 2.45) is 0 Å². The van der Waals surface area contributed by atoms with Crippen molar-refractivity contribution in [2.45, 2.75) is 18.8 Å². The fraction of sp³-hybridized carbons (Fsp3) is 0.333. The van der Waals surface area contributed by atoms with E-state index in [9.17, 15) is 0 Å². The monoisotopic (exact) mass is 362 g/mol. The summed E-state index contributed by atoms with van der Waals surface area (Å²) < 4.78 is 7.03. The highest BCUT2D eigenvalue weighted by molar-refractivity contribution is 5.86. The van der Waals surface area contributed by atoms with Gasteiger partial charge >= 0.3 is 0 Å². The molecule has 0 atom stereocenters. The number of rotatable bonds is 3. The maximum absolute atomic E-state index is 5.23. The molecule has 1 aliphatic rings. The summed E-state index contributed by atoms with van der Waals surface area (Å²) in [5.74, 6) is 2.68. The van der Waals surface area contributed by atoms with Crippen LogP contribution in [0.5, 0.6) is 5.88 Å². The molecule has 9 nitrogen and oxygen atoms in total. The molecule has 0 aromatic carbocycles. The Morgan fingerprint density at radius 2 is 1.93 bits per heavy atom. The molecule has 1 aliphatic heterocycles. The number of ether oxygens (including phenoxy) is 1. The fourth-order valence-corrected chi connectivity index (χ4v) is 3.64. The number of methoxy groups -OCH3 is 1. The van der Waals surface area contributed by atoms with E-state index >= 15 is 0 Å². The molecule has 0 bridgehead atoms. The lowest BCUT2D eigenvalue weighted by Gasteiger charge is -2.32.